The van der Waals surface area contributed by atoms with Gasteiger partial charge in [0, 0.05) is 12.2 Å². The number of carbonyl (C=O) groups excluding carboxylic acids is 2. The summed E-state index contributed by atoms with van der Waals surface area (Å²) in [6.45, 7) is 2.53. The number of unbranched alkanes of at least 4 members (excludes halogenated alkanes) is 1. The highest BCUT2D eigenvalue weighted by molar-refractivity contribution is 5.92. The molecule has 6 heteroatoms. The molecule has 1 unspecified atom stereocenters. The Hall–Kier alpha value is -2.86. The molecular weight excluding hydrogens is 332 g/mol. The van der Waals surface area contributed by atoms with E-state index < -0.39 is 12.1 Å². The number of rotatable bonds is 8. The predicted molar refractivity (Wildman–Crippen MR) is 100 cm³/mol. The monoisotopic (exact) mass is 356 g/mol. The summed E-state index contributed by atoms with van der Waals surface area (Å²) in [5, 5.41) is 15.3. The van der Waals surface area contributed by atoms with Crippen molar-refractivity contribution in [3.05, 3.63) is 65.7 Å². The quantitative estimate of drug-likeness (QED) is 0.499. The fourth-order valence-corrected chi connectivity index (χ4v) is 2.24. The fourth-order valence-electron chi connectivity index (χ4n) is 2.24. The van der Waals surface area contributed by atoms with Crippen LogP contribution in [-0.2, 0) is 4.74 Å². The lowest BCUT2D eigenvalue weighted by Crippen LogP contribution is -2.32. The molecule has 0 aliphatic carbocycles. The van der Waals surface area contributed by atoms with Gasteiger partial charge in [-0.05, 0) is 36.2 Å². The van der Waals surface area contributed by atoms with Crippen molar-refractivity contribution in [1.82, 2.24) is 5.32 Å². The third-order valence-electron chi connectivity index (χ3n) is 3.75. The van der Waals surface area contributed by atoms with E-state index in [9.17, 15) is 14.7 Å². The molecule has 6 nitrogen and oxygen atoms in total. The van der Waals surface area contributed by atoms with Gasteiger partial charge in [0.15, 0.2) is 0 Å². The highest BCUT2D eigenvalue weighted by atomic mass is 16.5. The van der Waals surface area contributed by atoms with E-state index in [1.807, 2.05) is 25.1 Å². The van der Waals surface area contributed by atoms with E-state index in [0.717, 1.165) is 18.4 Å². The predicted octanol–water partition coefficient (Wildman–Crippen LogP) is 3.50. The molecule has 0 aliphatic rings. The molecule has 26 heavy (non-hydrogen) atoms. The number of benzene rings is 2. The normalized spacial score (nSPS) is 11.5. The average Bonchev–Trinajstić information content (AvgIpc) is 2.67. The molecule has 0 aromatic heterocycles. The lowest BCUT2D eigenvalue weighted by Gasteiger charge is -2.13. The maximum Gasteiger partial charge on any atom is 0.338 e. The maximum atomic E-state index is 11.9. The number of amides is 2. The Kier molecular flexibility index (Phi) is 7.64. The number of hydrogen-bond acceptors (Lipinski definition) is 4. The second kappa shape index (κ2) is 10.2. The lowest BCUT2D eigenvalue weighted by molar-refractivity contribution is 0.0499. The standard InChI is InChI=1S/C20H24N2O4/c1-2-3-13-26-19(24)16-9-11-17(12-10-16)22-20(25)21-14-18(23)15-7-5-4-6-8-15/h4-12,18,23H,2-3,13-14H2,1H3,(H2,21,22,25). The van der Waals surface area contributed by atoms with Crippen LogP contribution in [0, 0.1) is 0 Å². The number of urea groups is 1. The zero-order chi connectivity index (χ0) is 18.8. The molecular formula is C20H24N2O4. The van der Waals surface area contributed by atoms with Crippen LogP contribution in [0.1, 0.15) is 41.8 Å². The van der Waals surface area contributed by atoms with Gasteiger partial charge < -0.3 is 20.5 Å². The molecule has 1 atom stereocenters. The van der Waals surface area contributed by atoms with Gasteiger partial charge in [-0.1, -0.05) is 43.7 Å². The maximum absolute atomic E-state index is 11.9. The summed E-state index contributed by atoms with van der Waals surface area (Å²) in [6.07, 6.45) is 1.02. The van der Waals surface area contributed by atoms with Crippen LogP contribution in [0.2, 0.25) is 0 Å². The molecule has 2 amide bonds. The summed E-state index contributed by atoms with van der Waals surface area (Å²) >= 11 is 0. The first-order valence-corrected chi connectivity index (χ1v) is 8.65. The number of hydrogen-bond donors (Lipinski definition) is 3. The molecule has 0 aliphatic heterocycles. The van der Waals surface area contributed by atoms with Gasteiger partial charge in [-0.3, -0.25) is 0 Å². The van der Waals surface area contributed by atoms with E-state index in [1.165, 1.54) is 0 Å². The fraction of sp³-hybridized carbons (Fsp3) is 0.300. The molecule has 0 heterocycles. The van der Waals surface area contributed by atoms with Gasteiger partial charge in [-0.15, -0.1) is 0 Å². The van der Waals surface area contributed by atoms with Crippen molar-refractivity contribution in [2.75, 3.05) is 18.5 Å². The number of anilines is 1. The van der Waals surface area contributed by atoms with Gasteiger partial charge in [-0.25, -0.2) is 9.59 Å². The SMILES string of the molecule is CCCCOC(=O)c1ccc(NC(=O)NCC(O)c2ccccc2)cc1. The van der Waals surface area contributed by atoms with E-state index in [4.69, 9.17) is 4.74 Å². The molecule has 0 saturated heterocycles. The van der Waals surface area contributed by atoms with Crippen LogP contribution in [-0.4, -0.2) is 30.3 Å². The Balaban J connectivity index is 1.79. The Morgan fingerprint density at radius 3 is 2.42 bits per heavy atom. The second-order valence-corrected chi connectivity index (χ2v) is 5.83. The minimum Gasteiger partial charge on any atom is -0.462 e. The van der Waals surface area contributed by atoms with Gasteiger partial charge in [0.1, 0.15) is 0 Å². The third-order valence-corrected chi connectivity index (χ3v) is 3.75. The molecule has 0 bridgehead atoms. The largest absolute Gasteiger partial charge is 0.462 e. The highest BCUT2D eigenvalue weighted by Gasteiger charge is 2.10. The molecule has 3 N–H and O–H groups in total. The average molecular weight is 356 g/mol. The van der Waals surface area contributed by atoms with E-state index in [1.54, 1.807) is 36.4 Å². The van der Waals surface area contributed by atoms with Crippen molar-refractivity contribution >= 4 is 17.7 Å². The molecule has 2 rings (SSSR count). The Labute approximate surface area is 153 Å². The Morgan fingerprint density at radius 1 is 1.08 bits per heavy atom. The van der Waals surface area contributed by atoms with Gasteiger partial charge >= 0.3 is 12.0 Å². The first-order valence-electron chi connectivity index (χ1n) is 8.65. The number of ether oxygens (including phenoxy) is 1. The summed E-state index contributed by atoms with van der Waals surface area (Å²) in [6, 6.07) is 15.1. The van der Waals surface area contributed by atoms with E-state index in [2.05, 4.69) is 10.6 Å². The second-order valence-electron chi connectivity index (χ2n) is 5.83. The van der Waals surface area contributed by atoms with Crippen LogP contribution >= 0.6 is 0 Å². The highest BCUT2D eigenvalue weighted by Crippen LogP contribution is 2.12. The van der Waals surface area contributed by atoms with Gasteiger partial charge in [0.2, 0.25) is 0 Å². The zero-order valence-electron chi connectivity index (χ0n) is 14.8. The van der Waals surface area contributed by atoms with Crippen LogP contribution < -0.4 is 10.6 Å². The molecule has 0 saturated carbocycles. The third kappa shape index (κ3) is 6.22. The van der Waals surface area contributed by atoms with Crippen LogP contribution in [0.3, 0.4) is 0 Å². The minimum atomic E-state index is -0.776. The summed E-state index contributed by atoms with van der Waals surface area (Å²) < 4.78 is 5.13. The zero-order valence-corrected chi connectivity index (χ0v) is 14.8. The summed E-state index contributed by atoms with van der Waals surface area (Å²) in [5.41, 5.74) is 1.71. The summed E-state index contributed by atoms with van der Waals surface area (Å²) in [7, 11) is 0. The van der Waals surface area contributed by atoms with Crippen LogP contribution in [0.25, 0.3) is 0 Å². The van der Waals surface area contributed by atoms with Gasteiger partial charge in [0.05, 0.1) is 18.3 Å². The summed E-state index contributed by atoms with van der Waals surface area (Å²) in [4.78, 5) is 23.7. The smallest absolute Gasteiger partial charge is 0.338 e. The van der Waals surface area contributed by atoms with Gasteiger partial charge in [-0.2, -0.15) is 0 Å². The number of aliphatic hydroxyl groups excluding tert-OH is 1. The van der Waals surface area contributed by atoms with Crippen LogP contribution in [0.4, 0.5) is 10.5 Å². The number of nitrogens with one attached hydrogen (secondary N) is 2. The van der Waals surface area contributed by atoms with Crippen molar-refractivity contribution in [2.24, 2.45) is 0 Å². The number of aliphatic hydroxyl groups is 1. The first kappa shape index (κ1) is 19.5. The van der Waals surface area contributed by atoms with E-state index in [0.29, 0.717) is 17.9 Å². The molecule has 2 aromatic carbocycles. The Bertz CT molecular complexity index is 702. The van der Waals surface area contributed by atoms with Crippen LogP contribution in [0.15, 0.2) is 54.6 Å². The minimum absolute atomic E-state index is 0.0949. The van der Waals surface area contributed by atoms with Crippen molar-refractivity contribution in [2.45, 2.75) is 25.9 Å². The topological polar surface area (TPSA) is 87.7 Å². The lowest BCUT2D eigenvalue weighted by atomic mass is 10.1. The molecule has 0 fully saturated rings. The van der Waals surface area contributed by atoms with Crippen LogP contribution in [0.5, 0.6) is 0 Å². The number of esters is 1. The van der Waals surface area contributed by atoms with E-state index in [-0.39, 0.29) is 12.5 Å². The molecule has 2 aromatic rings. The van der Waals surface area contributed by atoms with Crippen molar-refractivity contribution in [3.63, 3.8) is 0 Å². The molecule has 0 radical (unpaired) electrons. The van der Waals surface area contributed by atoms with Crippen molar-refractivity contribution in [3.8, 4) is 0 Å². The number of carbonyl (C=O) groups is 2. The summed E-state index contributed by atoms with van der Waals surface area (Å²) in [5.74, 6) is -0.375. The first-order chi connectivity index (χ1) is 12.6. The van der Waals surface area contributed by atoms with Gasteiger partial charge in [0.25, 0.3) is 0 Å². The molecule has 0 spiro atoms. The van der Waals surface area contributed by atoms with Crippen molar-refractivity contribution < 1.29 is 19.4 Å². The van der Waals surface area contributed by atoms with Crippen molar-refractivity contribution in [1.29, 1.82) is 0 Å². The molecule has 138 valence electrons. The Morgan fingerprint density at radius 2 is 1.77 bits per heavy atom. The van der Waals surface area contributed by atoms with E-state index >= 15 is 0 Å².